The zero-order valence-electron chi connectivity index (χ0n) is 11.6. The van der Waals surface area contributed by atoms with Crippen molar-refractivity contribution < 1.29 is 4.79 Å². The summed E-state index contributed by atoms with van der Waals surface area (Å²) < 4.78 is 0. The third-order valence-corrected chi connectivity index (χ3v) is 7.06. The fourth-order valence-electron chi connectivity index (χ4n) is 5.94. The molecule has 0 aromatic heterocycles. The molecule has 5 aliphatic rings. The highest BCUT2D eigenvalue weighted by Gasteiger charge is 2.56. The van der Waals surface area contributed by atoms with Crippen LogP contribution in [0.1, 0.15) is 51.4 Å². The molecule has 0 radical (unpaired) electrons. The van der Waals surface area contributed by atoms with Crippen molar-refractivity contribution in [3.05, 3.63) is 0 Å². The highest BCUT2D eigenvalue weighted by molar-refractivity contribution is 9.09. The maximum atomic E-state index is 13.2. The van der Waals surface area contributed by atoms with E-state index in [0.717, 1.165) is 29.6 Å². The molecule has 5 fully saturated rings. The summed E-state index contributed by atoms with van der Waals surface area (Å²) in [5.41, 5.74) is 0.0690. The van der Waals surface area contributed by atoms with Gasteiger partial charge >= 0.3 is 0 Å². The Bertz CT molecular complexity index is 359. The minimum atomic E-state index is 0.0690. The monoisotopic (exact) mass is 325 g/mol. The SMILES string of the molecule is O=C(N1CCCC1CBr)C12CC3CC(CC(C3)C1)C2. The highest BCUT2D eigenvalue weighted by atomic mass is 79.9. The molecule has 1 atom stereocenters. The summed E-state index contributed by atoms with van der Waals surface area (Å²) >= 11 is 3.60. The van der Waals surface area contributed by atoms with Gasteiger partial charge in [0.1, 0.15) is 0 Å². The Balaban J connectivity index is 1.59. The number of amides is 1. The molecule has 2 nitrogen and oxygen atoms in total. The average Bonchev–Trinajstić information content (AvgIpc) is 2.84. The molecule has 0 N–H and O–H groups in total. The van der Waals surface area contributed by atoms with E-state index >= 15 is 0 Å². The van der Waals surface area contributed by atoms with Crippen LogP contribution in [0, 0.1) is 23.2 Å². The summed E-state index contributed by atoms with van der Waals surface area (Å²) in [5.74, 6) is 3.16. The van der Waals surface area contributed by atoms with Crippen LogP contribution >= 0.6 is 15.9 Å². The average molecular weight is 326 g/mol. The molecule has 5 rings (SSSR count). The Labute approximate surface area is 124 Å². The Morgan fingerprint density at radius 3 is 2.21 bits per heavy atom. The third kappa shape index (κ3) is 1.91. The van der Waals surface area contributed by atoms with Crippen molar-refractivity contribution in [2.45, 2.75) is 57.4 Å². The lowest BCUT2D eigenvalue weighted by molar-refractivity contribution is -0.158. The van der Waals surface area contributed by atoms with E-state index in [0.29, 0.717) is 11.9 Å². The molecule has 0 aromatic carbocycles. The van der Waals surface area contributed by atoms with Crippen LogP contribution in [0.3, 0.4) is 0 Å². The van der Waals surface area contributed by atoms with Crippen LogP contribution < -0.4 is 0 Å². The van der Waals surface area contributed by atoms with Crippen molar-refractivity contribution in [1.82, 2.24) is 4.90 Å². The number of nitrogens with zero attached hydrogens (tertiary/aromatic N) is 1. The van der Waals surface area contributed by atoms with Gasteiger partial charge < -0.3 is 4.90 Å². The minimum Gasteiger partial charge on any atom is -0.338 e. The van der Waals surface area contributed by atoms with E-state index < -0.39 is 0 Å². The van der Waals surface area contributed by atoms with Gasteiger partial charge in [0.25, 0.3) is 0 Å². The number of hydrogen-bond acceptors (Lipinski definition) is 1. The molecule has 4 aliphatic carbocycles. The van der Waals surface area contributed by atoms with E-state index in [1.54, 1.807) is 0 Å². The smallest absolute Gasteiger partial charge is 0.229 e. The molecule has 0 aromatic rings. The summed E-state index contributed by atoms with van der Waals surface area (Å²) in [6.07, 6.45) is 10.3. The lowest BCUT2D eigenvalue weighted by Crippen LogP contribution is -2.55. The number of alkyl halides is 1. The van der Waals surface area contributed by atoms with Crippen LogP contribution in [0.4, 0.5) is 0 Å². The number of rotatable bonds is 2. The quantitative estimate of drug-likeness (QED) is 0.710. The van der Waals surface area contributed by atoms with Crippen molar-refractivity contribution in [2.24, 2.45) is 23.2 Å². The van der Waals surface area contributed by atoms with Crippen LogP contribution in [0.2, 0.25) is 0 Å². The number of likely N-dealkylation sites (tertiary alicyclic amines) is 1. The van der Waals surface area contributed by atoms with E-state index in [4.69, 9.17) is 0 Å². The van der Waals surface area contributed by atoms with Gasteiger partial charge in [-0.25, -0.2) is 0 Å². The van der Waals surface area contributed by atoms with Crippen molar-refractivity contribution in [1.29, 1.82) is 0 Å². The number of hydrogen-bond donors (Lipinski definition) is 0. The highest BCUT2D eigenvalue weighted by Crippen LogP contribution is 2.60. The Morgan fingerprint density at radius 1 is 1.11 bits per heavy atom. The molecular weight excluding hydrogens is 302 g/mol. The summed E-state index contributed by atoms with van der Waals surface area (Å²) in [6, 6.07) is 0.473. The first-order valence-electron chi connectivity index (χ1n) is 8.07. The molecule has 1 aliphatic heterocycles. The molecule has 0 spiro atoms. The zero-order chi connectivity index (χ0) is 13.0. The molecule has 106 valence electrons. The van der Waals surface area contributed by atoms with E-state index in [-0.39, 0.29) is 5.41 Å². The fourth-order valence-corrected chi connectivity index (χ4v) is 6.61. The predicted molar refractivity (Wildman–Crippen MR) is 79.1 cm³/mol. The van der Waals surface area contributed by atoms with Crippen molar-refractivity contribution >= 4 is 21.8 Å². The molecule has 19 heavy (non-hydrogen) atoms. The van der Waals surface area contributed by atoms with Gasteiger partial charge in [0.15, 0.2) is 0 Å². The fraction of sp³-hybridized carbons (Fsp3) is 0.938. The summed E-state index contributed by atoms with van der Waals surface area (Å²) in [5, 5.41) is 0.963. The van der Waals surface area contributed by atoms with Crippen molar-refractivity contribution in [2.75, 3.05) is 11.9 Å². The second-order valence-electron chi connectivity index (χ2n) is 7.65. The van der Waals surface area contributed by atoms with Gasteiger partial charge in [-0.3, -0.25) is 4.79 Å². The Hall–Kier alpha value is -0.0500. The molecule has 1 saturated heterocycles. The van der Waals surface area contributed by atoms with Crippen LogP contribution in [0.5, 0.6) is 0 Å². The largest absolute Gasteiger partial charge is 0.338 e. The molecule has 4 bridgehead atoms. The molecule has 1 amide bonds. The van der Waals surface area contributed by atoms with E-state index in [9.17, 15) is 4.79 Å². The van der Waals surface area contributed by atoms with E-state index in [1.165, 1.54) is 51.4 Å². The molecular formula is C16H24BrNO. The summed E-state index contributed by atoms with van der Waals surface area (Å²) in [4.78, 5) is 15.4. The van der Waals surface area contributed by atoms with Gasteiger partial charge in [-0.15, -0.1) is 0 Å². The first-order chi connectivity index (χ1) is 9.20. The van der Waals surface area contributed by atoms with Crippen molar-refractivity contribution in [3.63, 3.8) is 0 Å². The maximum absolute atomic E-state index is 13.2. The van der Waals surface area contributed by atoms with Gasteiger partial charge in [-0.05, 0) is 69.1 Å². The Morgan fingerprint density at radius 2 is 1.68 bits per heavy atom. The second-order valence-corrected chi connectivity index (χ2v) is 8.29. The molecule has 3 heteroatoms. The Kier molecular flexibility index (Phi) is 2.98. The van der Waals surface area contributed by atoms with Crippen LogP contribution in [-0.2, 0) is 4.79 Å². The third-order valence-electron chi connectivity index (χ3n) is 6.31. The standard InChI is InChI=1S/C16H24BrNO/c17-10-14-2-1-3-18(14)15(19)16-7-11-4-12(8-16)6-13(5-11)9-16/h11-14H,1-10H2. The van der Waals surface area contributed by atoms with Crippen LogP contribution in [0.25, 0.3) is 0 Å². The van der Waals surface area contributed by atoms with Gasteiger partial charge in [-0.1, -0.05) is 15.9 Å². The predicted octanol–water partition coefficient (Wildman–Crippen LogP) is 3.59. The first-order valence-corrected chi connectivity index (χ1v) is 9.19. The molecule has 4 saturated carbocycles. The van der Waals surface area contributed by atoms with Gasteiger partial charge in [-0.2, -0.15) is 0 Å². The summed E-state index contributed by atoms with van der Waals surface area (Å²) in [6.45, 7) is 1.01. The number of carbonyl (C=O) groups is 1. The molecule has 1 heterocycles. The van der Waals surface area contributed by atoms with Gasteiger partial charge in [0, 0.05) is 17.9 Å². The van der Waals surface area contributed by atoms with Crippen LogP contribution in [0.15, 0.2) is 0 Å². The lowest BCUT2D eigenvalue weighted by atomic mass is 9.49. The lowest BCUT2D eigenvalue weighted by Gasteiger charge is -2.56. The number of halogens is 1. The molecule has 1 unspecified atom stereocenters. The normalized spacial score (nSPS) is 47.9. The van der Waals surface area contributed by atoms with Crippen LogP contribution in [-0.4, -0.2) is 28.7 Å². The first kappa shape index (κ1) is 12.7. The van der Waals surface area contributed by atoms with Gasteiger partial charge in [0.2, 0.25) is 5.91 Å². The zero-order valence-corrected chi connectivity index (χ0v) is 13.2. The second kappa shape index (κ2) is 4.47. The number of carbonyl (C=O) groups excluding carboxylic acids is 1. The maximum Gasteiger partial charge on any atom is 0.229 e. The van der Waals surface area contributed by atoms with Crippen molar-refractivity contribution in [3.8, 4) is 0 Å². The minimum absolute atomic E-state index is 0.0690. The summed E-state index contributed by atoms with van der Waals surface area (Å²) in [7, 11) is 0. The van der Waals surface area contributed by atoms with Gasteiger partial charge in [0.05, 0.1) is 5.41 Å². The van der Waals surface area contributed by atoms with E-state index in [1.807, 2.05) is 0 Å². The topological polar surface area (TPSA) is 20.3 Å². The van der Waals surface area contributed by atoms with E-state index in [2.05, 4.69) is 20.8 Å².